The Hall–Kier alpha value is -1.80. The minimum Gasteiger partial charge on any atom is -0.419 e. The molecule has 1 N–H and O–H groups in total. The Balaban J connectivity index is 2.23. The third kappa shape index (κ3) is 3.58. The molecule has 0 aliphatic heterocycles. The number of rotatable bonds is 5. The molecule has 1 aliphatic carbocycles. The molecule has 1 unspecified atom stereocenters. The van der Waals surface area contributed by atoms with E-state index < -0.39 is 22.0 Å². The first-order valence-corrected chi connectivity index (χ1v) is 6.81. The fraction of sp³-hybridized carbons (Fsp3) is 0.364. The molecule has 0 aromatic heterocycles. The van der Waals surface area contributed by atoms with Crippen LogP contribution in [0.4, 0.5) is 5.69 Å². The van der Waals surface area contributed by atoms with Gasteiger partial charge in [0.25, 0.3) is 0 Å². The van der Waals surface area contributed by atoms with Crippen molar-refractivity contribution in [1.82, 2.24) is 0 Å². The third-order valence-electron chi connectivity index (χ3n) is 2.63. The average molecular weight is 285 g/mol. The standard InChI is InChI=1S/C11H11NO6S/c13-11(8-2-3-8)18-10-4-1-7(6-19(16)17)5-9(10)12(14)15/h1,4-5,8H,2-3,6H2,(H,16,17). The Kier molecular flexibility index (Phi) is 3.91. The highest BCUT2D eigenvalue weighted by atomic mass is 32.2. The lowest BCUT2D eigenvalue weighted by Crippen LogP contribution is -2.11. The van der Waals surface area contributed by atoms with E-state index in [1.165, 1.54) is 12.1 Å². The highest BCUT2D eigenvalue weighted by Gasteiger charge is 2.33. The number of carbonyl (C=O) groups is 1. The van der Waals surface area contributed by atoms with Gasteiger partial charge < -0.3 is 9.29 Å². The molecule has 0 amide bonds. The van der Waals surface area contributed by atoms with Gasteiger partial charge in [-0.1, -0.05) is 6.07 Å². The molecule has 0 saturated heterocycles. The topological polar surface area (TPSA) is 107 Å². The lowest BCUT2D eigenvalue weighted by molar-refractivity contribution is -0.385. The van der Waals surface area contributed by atoms with E-state index in [-0.39, 0.29) is 23.1 Å². The second-order valence-corrected chi connectivity index (χ2v) is 5.15. The molecule has 1 fully saturated rings. The van der Waals surface area contributed by atoms with Gasteiger partial charge in [0.1, 0.15) is 0 Å². The number of hydrogen-bond donors (Lipinski definition) is 1. The Morgan fingerprint density at radius 2 is 2.21 bits per heavy atom. The number of nitrogens with zero attached hydrogens (tertiary/aromatic N) is 1. The molecule has 2 rings (SSSR count). The zero-order chi connectivity index (χ0) is 14.0. The van der Waals surface area contributed by atoms with Crippen LogP contribution in [-0.4, -0.2) is 19.7 Å². The quantitative estimate of drug-likeness (QED) is 0.290. The van der Waals surface area contributed by atoms with Crippen molar-refractivity contribution in [2.75, 3.05) is 0 Å². The predicted octanol–water partition coefficient (Wildman–Crippen LogP) is 1.63. The van der Waals surface area contributed by atoms with Crippen LogP contribution in [0.1, 0.15) is 18.4 Å². The summed E-state index contributed by atoms with van der Waals surface area (Å²) in [6, 6.07) is 3.85. The van der Waals surface area contributed by atoms with Crippen LogP contribution in [0.25, 0.3) is 0 Å². The molecular weight excluding hydrogens is 274 g/mol. The van der Waals surface area contributed by atoms with E-state index in [9.17, 15) is 19.1 Å². The molecule has 1 aliphatic rings. The minimum absolute atomic E-state index is 0.130. The van der Waals surface area contributed by atoms with Gasteiger partial charge in [-0.2, -0.15) is 0 Å². The van der Waals surface area contributed by atoms with Crippen molar-refractivity contribution in [2.45, 2.75) is 18.6 Å². The van der Waals surface area contributed by atoms with Crippen LogP contribution < -0.4 is 4.74 Å². The van der Waals surface area contributed by atoms with Crippen LogP contribution in [0.2, 0.25) is 0 Å². The molecule has 0 heterocycles. The third-order valence-corrected chi connectivity index (χ3v) is 3.21. The minimum atomic E-state index is -2.08. The number of benzene rings is 1. The number of esters is 1. The summed E-state index contributed by atoms with van der Waals surface area (Å²) in [5, 5.41) is 10.9. The lowest BCUT2D eigenvalue weighted by atomic mass is 10.2. The van der Waals surface area contributed by atoms with Crippen molar-refractivity contribution in [1.29, 1.82) is 0 Å². The first kappa shape index (κ1) is 13.6. The summed E-state index contributed by atoms with van der Waals surface area (Å²) < 4.78 is 24.4. The van der Waals surface area contributed by atoms with Crippen molar-refractivity contribution < 1.29 is 23.2 Å². The molecule has 1 aromatic carbocycles. The van der Waals surface area contributed by atoms with Crippen molar-refractivity contribution in [3.63, 3.8) is 0 Å². The van der Waals surface area contributed by atoms with Crippen molar-refractivity contribution >= 4 is 22.7 Å². The number of ether oxygens (including phenoxy) is 1. The van der Waals surface area contributed by atoms with E-state index in [0.717, 1.165) is 18.9 Å². The Labute approximate surface area is 111 Å². The number of nitro groups is 1. The molecular formula is C11H11NO6S. The van der Waals surface area contributed by atoms with E-state index in [2.05, 4.69) is 0 Å². The summed E-state index contributed by atoms with van der Waals surface area (Å²) in [6.07, 6.45) is 1.49. The molecule has 0 radical (unpaired) electrons. The fourth-order valence-corrected chi connectivity index (χ4v) is 2.00. The van der Waals surface area contributed by atoms with Crippen LogP contribution in [-0.2, 0) is 21.6 Å². The predicted molar refractivity (Wildman–Crippen MR) is 65.9 cm³/mol. The monoisotopic (exact) mass is 285 g/mol. The van der Waals surface area contributed by atoms with E-state index in [1.54, 1.807) is 0 Å². The molecule has 102 valence electrons. The van der Waals surface area contributed by atoms with E-state index >= 15 is 0 Å². The van der Waals surface area contributed by atoms with Gasteiger partial charge in [-0.25, -0.2) is 4.21 Å². The first-order valence-electron chi connectivity index (χ1n) is 5.54. The van der Waals surface area contributed by atoms with Crippen LogP contribution in [0.15, 0.2) is 18.2 Å². The zero-order valence-corrected chi connectivity index (χ0v) is 10.6. The summed E-state index contributed by atoms with van der Waals surface area (Å²) in [6.45, 7) is 0. The van der Waals surface area contributed by atoms with Gasteiger partial charge in [-0.05, 0) is 24.5 Å². The Bertz CT molecular complexity index is 554. The average Bonchev–Trinajstić information content (AvgIpc) is 3.13. The molecule has 19 heavy (non-hydrogen) atoms. The normalized spacial score (nSPS) is 15.8. The van der Waals surface area contributed by atoms with Gasteiger partial charge in [0.05, 0.1) is 16.6 Å². The summed E-state index contributed by atoms with van der Waals surface area (Å²) >= 11 is -2.08. The maximum atomic E-state index is 11.5. The lowest BCUT2D eigenvalue weighted by Gasteiger charge is -2.05. The van der Waals surface area contributed by atoms with Gasteiger partial charge in [-0.3, -0.25) is 14.9 Å². The van der Waals surface area contributed by atoms with E-state index in [0.29, 0.717) is 5.56 Å². The molecule has 1 saturated carbocycles. The zero-order valence-electron chi connectivity index (χ0n) is 9.77. The molecule has 7 nitrogen and oxygen atoms in total. The summed E-state index contributed by atoms with van der Waals surface area (Å²) in [7, 11) is 0. The molecule has 8 heteroatoms. The van der Waals surface area contributed by atoms with Crippen molar-refractivity contribution in [2.24, 2.45) is 5.92 Å². The summed E-state index contributed by atoms with van der Waals surface area (Å²) in [4.78, 5) is 21.7. The van der Waals surface area contributed by atoms with Crippen LogP contribution >= 0.6 is 0 Å². The molecule has 1 atom stereocenters. The van der Waals surface area contributed by atoms with Crippen LogP contribution in [0, 0.1) is 16.0 Å². The summed E-state index contributed by atoms with van der Waals surface area (Å²) in [5.74, 6) is -0.974. The molecule has 1 aromatic rings. The van der Waals surface area contributed by atoms with Gasteiger partial charge in [0.15, 0.2) is 11.1 Å². The first-order chi connectivity index (χ1) is 8.97. The highest BCUT2D eigenvalue weighted by Crippen LogP contribution is 2.34. The Morgan fingerprint density at radius 3 is 2.74 bits per heavy atom. The fourth-order valence-electron chi connectivity index (χ4n) is 1.54. The number of carbonyl (C=O) groups excluding carboxylic acids is 1. The Morgan fingerprint density at radius 1 is 1.53 bits per heavy atom. The number of hydrogen-bond acceptors (Lipinski definition) is 5. The van der Waals surface area contributed by atoms with Gasteiger partial charge in [0.2, 0.25) is 5.75 Å². The van der Waals surface area contributed by atoms with Crippen LogP contribution in [0.3, 0.4) is 0 Å². The molecule has 0 bridgehead atoms. The van der Waals surface area contributed by atoms with Crippen molar-refractivity contribution in [3.8, 4) is 5.75 Å². The van der Waals surface area contributed by atoms with Gasteiger partial charge in [0, 0.05) is 6.07 Å². The largest absolute Gasteiger partial charge is 0.419 e. The van der Waals surface area contributed by atoms with Gasteiger partial charge >= 0.3 is 11.7 Å². The summed E-state index contributed by atoms with van der Waals surface area (Å²) in [5.41, 5.74) is -0.0456. The van der Waals surface area contributed by atoms with Crippen molar-refractivity contribution in [3.05, 3.63) is 33.9 Å². The second-order valence-electron chi connectivity index (χ2n) is 4.22. The van der Waals surface area contributed by atoms with E-state index in [4.69, 9.17) is 9.29 Å². The smallest absolute Gasteiger partial charge is 0.314 e. The maximum absolute atomic E-state index is 11.5. The molecule has 0 spiro atoms. The highest BCUT2D eigenvalue weighted by molar-refractivity contribution is 7.78. The van der Waals surface area contributed by atoms with Gasteiger partial charge in [-0.15, -0.1) is 0 Å². The van der Waals surface area contributed by atoms with Crippen LogP contribution in [0.5, 0.6) is 5.75 Å². The number of nitro benzene ring substituents is 1. The maximum Gasteiger partial charge on any atom is 0.314 e. The van der Waals surface area contributed by atoms with E-state index in [1.807, 2.05) is 0 Å². The SMILES string of the molecule is O=C(Oc1ccc(CS(=O)O)cc1[N+](=O)[O-])C1CC1. The second kappa shape index (κ2) is 5.45.